The Hall–Kier alpha value is -0.120. The monoisotopic (exact) mass is 162 g/mol. The van der Waals surface area contributed by atoms with E-state index in [9.17, 15) is 5.11 Å². The fraction of sp³-hybridized carbons (Fsp3) is 1.00. The fourth-order valence-electron chi connectivity index (χ4n) is 1.08. The molecule has 11 heavy (non-hydrogen) atoms. The zero-order valence-electron chi connectivity index (χ0n) is 7.29. The zero-order valence-corrected chi connectivity index (χ0v) is 7.29. The number of aliphatic hydroxyl groups excluding tert-OH is 2. The lowest BCUT2D eigenvalue weighted by atomic mass is 10.1. The summed E-state index contributed by atoms with van der Waals surface area (Å²) in [6, 6.07) is 0. The highest BCUT2D eigenvalue weighted by Crippen LogP contribution is 2.08. The van der Waals surface area contributed by atoms with Crippen molar-refractivity contribution in [3.05, 3.63) is 0 Å². The molecule has 0 saturated heterocycles. The highest BCUT2D eigenvalue weighted by Gasteiger charge is 2.16. The standard InChI is InChI=1S/C8H18O3/c1-3-4-7(10)8(11-2)5-6-9/h7-10H,3-6H2,1-2H3. The Labute approximate surface area is 68.0 Å². The number of aliphatic hydroxyl groups is 2. The van der Waals surface area contributed by atoms with Crippen LogP contribution in [-0.4, -0.2) is 36.1 Å². The number of methoxy groups -OCH3 is 1. The van der Waals surface area contributed by atoms with E-state index < -0.39 is 6.10 Å². The second kappa shape index (κ2) is 6.58. The lowest BCUT2D eigenvalue weighted by Gasteiger charge is -2.19. The maximum Gasteiger partial charge on any atom is 0.0851 e. The Balaban J connectivity index is 3.61. The van der Waals surface area contributed by atoms with E-state index in [0.29, 0.717) is 6.42 Å². The van der Waals surface area contributed by atoms with E-state index in [1.54, 1.807) is 7.11 Å². The largest absolute Gasteiger partial charge is 0.396 e. The van der Waals surface area contributed by atoms with E-state index >= 15 is 0 Å². The van der Waals surface area contributed by atoms with E-state index in [-0.39, 0.29) is 12.7 Å². The van der Waals surface area contributed by atoms with Crippen molar-refractivity contribution in [2.24, 2.45) is 0 Å². The molecule has 0 aliphatic rings. The van der Waals surface area contributed by atoms with E-state index in [1.807, 2.05) is 6.92 Å². The average molecular weight is 162 g/mol. The Morgan fingerprint density at radius 1 is 1.36 bits per heavy atom. The van der Waals surface area contributed by atoms with Crippen LogP contribution in [0.1, 0.15) is 26.2 Å². The van der Waals surface area contributed by atoms with Crippen LogP contribution >= 0.6 is 0 Å². The zero-order chi connectivity index (χ0) is 8.69. The second-order valence-corrected chi connectivity index (χ2v) is 2.64. The molecule has 0 rings (SSSR count). The van der Waals surface area contributed by atoms with Gasteiger partial charge in [0, 0.05) is 13.7 Å². The molecular weight excluding hydrogens is 144 g/mol. The van der Waals surface area contributed by atoms with Crippen LogP contribution in [0.25, 0.3) is 0 Å². The molecule has 0 fully saturated rings. The molecule has 0 aliphatic heterocycles. The predicted octanol–water partition coefficient (Wildman–Crippen LogP) is 0.545. The molecule has 0 spiro atoms. The minimum absolute atomic E-state index is 0.0687. The summed E-state index contributed by atoms with van der Waals surface area (Å²) in [5.74, 6) is 0. The lowest BCUT2D eigenvalue weighted by molar-refractivity contribution is -0.0274. The van der Waals surface area contributed by atoms with Crippen LogP contribution < -0.4 is 0 Å². The molecule has 0 bridgehead atoms. The third kappa shape index (κ3) is 4.35. The molecule has 0 aliphatic carbocycles. The van der Waals surface area contributed by atoms with Crippen LogP contribution in [0, 0.1) is 0 Å². The Kier molecular flexibility index (Phi) is 6.51. The number of rotatable bonds is 6. The second-order valence-electron chi connectivity index (χ2n) is 2.64. The topological polar surface area (TPSA) is 49.7 Å². The molecule has 68 valence electrons. The Morgan fingerprint density at radius 3 is 2.36 bits per heavy atom. The molecular formula is C8H18O3. The van der Waals surface area contributed by atoms with Gasteiger partial charge in [0.2, 0.25) is 0 Å². The summed E-state index contributed by atoms with van der Waals surface area (Å²) in [6.45, 7) is 2.08. The first-order valence-electron chi connectivity index (χ1n) is 4.08. The first-order chi connectivity index (χ1) is 5.26. The summed E-state index contributed by atoms with van der Waals surface area (Å²) < 4.78 is 5.00. The van der Waals surface area contributed by atoms with E-state index in [1.165, 1.54) is 0 Å². The predicted molar refractivity (Wildman–Crippen MR) is 43.4 cm³/mol. The van der Waals surface area contributed by atoms with Crippen molar-refractivity contribution in [1.82, 2.24) is 0 Å². The molecule has 3 nitrogen and oxygen atoms in total. The normalized spacial score (nSPS) is 16.4. The average Bonchev–Trinajstić information content (AvgIpc) is 2.00. The van der Waals surface area contributed by atoms with Gasteiger partial charge in [-0.15, -0.1) is 0 Å². The van der Waals surface area contributed by atoms with Gasteiger partial charge in [-0.2, -0.15) is 0 Å². The van der Waals surface area contributed by atoms with Gasteiger partial charge >= 0.3 is 0 Å². The van der Waals surface area contributed by atoms with E-state index in [0.717, 1.165) is 12.8 Å². The maximum absolute atomic E-state index is 9.40. The highest BCUT2D eigenvalue weighted by atomic mass is 16.5. The van der Waals surface area contributed by atoms with Crippen LogP contribution in [0.4, 0.5) is 0 Å². The van der Waals surface area contributed by atoms with Gasteiger partial charge in [0.25, 0.3) is 0 Å². The summed E-state index contributed by atoms with van der Waals surface area (Å²) in [4.78, 5) is 0. The molecule has 2 N–H and O–H groups in total. The number of hydrogen-bond donors (Lipinski definition) is 2. The quantitative estimate of drug-likeness (QED) is 0.599. The summed E-state index contributed by atoms with van der Waals surface area (Å²) in [5, 5.41) is 18.0. The van der Waals surface area contributed by atoms with Gasteiger partial charge in [-0.25, -0.2) is 0 Å². The summed E-state index contributed by atoms with van der Waals surface area (Å²) in [7, 11) is 1.55. The van der Waals surface area contributed by atoms with Crippen LogP contribution in [-0.2, 0) is 4.74 Å². The fourth-order valence-corrected chi connectivity index (χ4v) is 1.08. The molecule has 0 aromatic heterocycles. The van der Waals surface area contributed by atoms with Crippen molar-refractivity contribution in [2.45, 2.75) is 38.4 Å². The molecule has 2 unspecified atom stereocenters. The SMILES string of the molecule is CCCC(O)C(CCO)OC. The van der Waals surface area contributed by atoms with Crippen molar-refractivity contribution in [3.63, 3.8) is 0 Å². The van der Waals surface area contributed by atoms with Crippen molar-refractivity contribution < 1.29 is 14.9 Å². The van der Waals surface area contributed by atoms with Gasteiger partial charge in [0.05, 0.1) is 12.2 Å². The molecule has 3 heteroatoms. The van der Waals surface area contributed by atoms with Gasteiger partial charge in [-0.1, -0.05) is 13.3 Å². The molecule has 0 amide bonds. The molecule has 0 aromatic carbocycles. The summed E-state index contributed by atoms with van der Waals surface area (Å²) in [5.41, 5.74) is 0. The Morgan fingerprint density at radius 2 is 2.00 bits per heavy atom. The van der Waals surface area contributed by atoms with Gasteiger partial charge < -0.3 is 14.9 Å². The van der Waals surface area contributed by atoms with Crippen molar-refractivity contribution in [2.75, 3.05) is 13.7 Å². The van der Waals surface area contributed by atoms with Gasteiger partial charge in [-0.05, 0) is 12.8 Å². The van der Waals surface area contributed by atoms with Crippen molar-refractivity contribution in [1.29, 1.82) is 0 Å². The van der Waals surface area contributed by atoms with Crippen LogP contribution in [0.5, 0.6) is 0 Å². The smallest absolute Gasteiger partial charge is 0.0851 e. The molecule has 2 atom stereocenters. The van der Waals surface area contributed by atoms with Gasteiger partial charge in [0.1, 0.15) is 0 Å². The minimum atomic E-state index is -0.433. The van der Waals surface area contributed by atoms with Crippen LogP contribution in [0.3, 0.4) is 0 Å². The van der Waals surface area contributed by atoms with Crippen molar-refractivity contribution >= 4 is 0 Å². The van der Waals surface area contributed by atoms with E-state index in [2.05, 4.69) is 0 Å². The minimum Gasteiger partial charge on any atom is -0.396 e. The summed E-state index contributed by atoms with van der Waals surface area (Å²) in [6.07, 6.45) is 1.54. The molecule has 0 aromatic rings. The third-order valence-corrected chi connectivity index (χ3v) is 1.73. The first kappa shape index (κ1) is 10.9. The third-order valence-electron chi connectivity index (χ3n) is 1.73. The summed E-state index contributed by atoms with van der Waals surface area (Å²) >= 11 is 0. The Bertz CT molecular complexity index is 85.4. The lowest BCUT2D eigenvalue weighted by Crippen LogP contribution is -2.28. The van der Waals surface area contributed by atoms with Crippen molar-refractivity contribution in [3.8, 4) is 0 Å². The first-order valence-corrected chi connectivity index (χ1v) is 4.08. The van der Waals surface area contributed by atoms with Crippen LogP contribution in [0.2, 0.25) is 0 Å². The van der Waals surface area contributed by atoms with Crippen LogP contribution in [0.15, 0.2) is 0 Å². The van der Waals surface area contributed by atoms with Gasteiger partial charge in [0.15, 0.2) is 0 Å². The molecule has 0 saturated carbocycles. The molecule has 0 heterocycles. The number of hydrogen-bond acceptors (Lipinski definition) is 3. The van der Waals surface area contributed by atoms with Gasteiger partial charge in [-0.3, -0.25) is 0 Å². The van der Waals surface area contributed by atoms with E-state index in [4.69, 9.17) is 9.84 Å². The highest BCUT2D eigenvalue weighted by molar-refractivity contribution is 4.67. The maximum atomic E-state index is 9.40. The molecule has 0 radical (unpaired) electrons. The number of ether oxygens (including phenoxy) is 1.